The molecule has 0 radical (unpaired) electrons. The van der Waals surface area contributed by atoms with Crippen LogP contribution in [0.2, 0.25) is 0 Å². The largest absolute Gasteiger partial charge is 0.464 e. The second-order valence-corrected chi connectivity index (χ2v) is 4.61. The molecule has 2 rings (SSSR count). The van der Waals surface area contributed by atoms with Gasteiger partial charge in [0.25, 0.3) is 0 Å². The summed E-state index contributed by atoms with van der Waals surface area (Å²) in [5.74, 6) is 0. The third-order valence-corrected chi connectivity index (χ3v) is 2.82. The number of rotatable bonds is 6. The SMILES string of the molecule is CN(C)CCOCC(O)c1ccc2occc2c1. The first-order chi connectivity index (χ1) is 8.66. The van der Waals surface area contributed by atoms with Gasteiger partial charge in [-0.3, -0.25) is 0 Å². The van der Waals surface area contributed by atoms with Crippen molar-refractivity contribution >= 4 is 11.0 Å². The van der Waals surface area contributed by atoms with E-state index in [1.165, 1.54) is 0 Å². The Hall–Kier alpha value is -1.36. The molecular weight excluding hydrogens is 230 g/mol. The number of fused-ring (bicyclic) bond motifs is 1. The summed E-state index contributed by atoms with van der Waals surface area (Å²) in [4.78, 5) is 2.05. The van der Waals surface area contributed by atoms with Crippen LogP contribution in [0.15, 0.2) is 34.9 Å². The van der Waals surface area contributed by atoms with Crippen LogP contribution in [0.1, 0.15) is 11.7 Å². The van der Waals surface area contributed by atoms with Gasteiger partial charge in [-0.25, -0.2) is 0 Å². The van der Waals surface area contributed by atoms with Gasteiger partial charge in [-0.2, -0.15) is 0 Å². The molecule has 1 aromatic heterocycles. The minimum Gasteiger partial charge on any atom is -0.464 e. The van der Waals surface area contributed by atoms with Crippen LogP contribution in [-0.4, -0.2) is 43.9 Å². The Balaban J connectivity index is 1.89. The van der Waals surface area contributed by atoms with Gasteiger partial charge >= 0.3 is 0 Å². The summed E-state index contributed by atoms with van der Waals surface area (Å²) in [5.41, 5.74) is 1.69. The number of ether oxygens (including phenoxy) is 1. The molecule has 18 heavy (non-hydrogen) atoms. The highest BCUT2D eigenvalue weighted by atomic mass is 16.5. The number of likely N-dealkylation sites (N-methyl/N-ethyl adjacent to an activating group) is 1. The van der Waals surface area contributed by atoms with Gasteiger partial charge in [0.1, 0.15) is 11.7 Å². The zero-order valence-corrected chi connectivity index (χ0v) is 10.8. The lowest BCUT2D eigenvalue weighted by Gasteiger charge is -2.13. The van der Waals surface area contributed by atoms with Crippen molar-refractivity contribution in [3.8, 4) is 0 Å². The first-order valence-electron chi connectivity index (χ1n) is 6.04. The first kappa shape index (κ1) is 13.1. The number of nitrogens with zero attached hydrogens (tertiary/aromatic N) is 1. The minimum absolute atomic E-state index is 0.317. The maximum atomic E-state index is 10.0. The van der Waals surface area contributed by atoms with Crippen molar-refractivity contribution in [2.75, 3.05) is 33.9 Å². The third kappa shape index (κ3) is 3.32. The Morgan fingerprint density at radius 1 is 1.33 bits per heavy atom. The molecule has 0 spiro atoms. The van der Waals surface area contributed by atoms with Crippen LogP contribution in [0.3, 0.4) is 0 Å². The lowest BCUT2D eigenvalue weighted by molar-refractivity contribution is 0.0307. The van der Waals surface area contributed by atoms with Gasteiger partial charge in [-0.15, -0.1) is 0 Å². The molecule has 0 amide bonds. The third-order valence-electron chi connectivity index (χ3n) is 2.82. The predicted octanol–water partition coefficient (Wildman–Crippen LogP) is 2.04. The summed E-state index contributed by atoms with van der Waals surface area (Å²) in [5, 5.41) is 11.0. The molecule has 1 aromatic carbocycles. The maximum Gasteiger partial charge on any atom is 0.133 e. The molecule has 98 valence electrons. The van der Waals surface area contributed by atoms with Crippen LogP contribution in [0.25, 0.3) is 11.0 Å². The van der Waals surface area contributed by atoms with E-state index in [0.29, 0.717) is 13.2 Å². The summed E-state index contributed by atoms with van der Waals surface area (Å²) in [6.45, 7) is 1.79. The van der Waals surface area contributed by atoms with E-state index in [1.54, 1.807) is 6.26 Å². The Morgan fingerprint density at radius 2 is 2.17 bits per heavy atom. The molecule has 0 aliphatic carbocycles. The standard InChI is InChI=1S/C14H19NO3/c1-15(2)6-8-17-10-13(16)11-3-4-14-12(9-11)5-7-18-14/h3-5,7,9,13,16H,6,8,10H2,1-2H3. The van der Waals surface area contributed by atoms with Crippen LogP contribution in [0, 0.1) is 0 Å². The van der Waals surface area contributed by atoms with Crippen LogP contribution in [-0.2, 0) is 4.74 Å². The van der Waals surface area contributed by atoms with Crippen LogP contribution in [0.4, 0.5) is 0 Å². The highest BCUT2D eigenvalue weighted by molar-refractivity contribution is 5.77. The quantitative estimate of drug-likeness (QED) is 0.796. The fraction of sp³-hybridized carbons (Fsp3) is 0.429. The van der Waals surface area contributed by atoms with E-state index in [1.807, 2.05) is 43.3 Å². The zero-order valence-electron chi connectivity index (χ0n) is 10.8. The van der Waals surface area contributed by atoms with Gasteiger partial charge in [0, 0.05) is 11.9 Å². The minimum atomic E-state index is -0.591. The summed E-state index contributed by atoms with van der Waals surface area (Å²) >= 11 is 0. The molecule has 0 bridgehead atoms. The predicted molar refractivity (Wildman–Crippen MR) is 70.5 cm³/mol. The summed E-state index contributed by atoms with van der Waals surface area (Å²) < 4.78 is 10.7. The second-order valence-electron chi connectivity index (χ2n) is 4.61. The van der Waals surface area contributed by atoms with E-state index in [-0.39, 0.29) is 0 Å². The van der Waals surface area contributed by atoms with Gasteiger partial charge in [0.05, 0.1) is 19.5 Å². The summed E-state index contributed by atoms with van der Waals surface area (Å²) in [6, 6.07) is 7.55. The van der Waals surface area contributed by atoms with E-state index >= 15 is 0 Å². The van der Waals surface area contributed by atoms with Crippen LogP contribution in [0.5, 0.6) is 0 Å². The number of aliphatic hydroxyl groups is 1. The van der Waals surface area contributed by atoms with E-state index < -0.39 is 6.10 Å². The topological polar surface area (TPSA) is 45.8 Å². The molecule has 1 N–H and O–H groups in total. The molecule has 0 aliphatic heterocycles. The van der Waals surface area contributed by atoms with E-state index in [2.05, 4.69) is 0 Å². The Kier molecular flexibility index (Phi) is 4.36. The van der Waals surface area contributed by atoms with Crippen molar-refractivity contribution in [2.24, 2.45) is 0 Å². The maximum absolute atomic E-state index is 10.0. The smallest absolute Gasteiger partial charge is 0.133 e. The Bertz CT molecular complexity index is 492. The highest BCUT2D eigenvalue weighted by Crippen LogP contribution is 2.21. The van der Waals surface area contributed by atoms with E-state index in [4.69, 9.17) is 9.15 Å². The van der Waals surface area contributed by atoms with E-state index in [9.17, 15) is 5.11 Å². The fourth-order valence-corrected chi connectivity index (χ4v) is 1.73. The van der Waals surface area contributed by atoms with Gasteiger partial charge in [-0.1, -0.05) is 6.07 Å². The van der Waals surface area contributed by atoms with Crippen molar-refractivity contribution in [1.82, 2.24) is 4.90 Å². The molecule has 1 atom stereocenters. The molecule has 4 heteroatoms. The molecule has 4 nitrogen and oxygen atoms in total. The summed E-state index contributed by atoms with van der Waals surface area (Å²) in [6.07, 6.45) is 1.06. The fourth-order valence-electron chi connectivity index (χ4n) is 1.73. The Morgan fingerprint density at radius 3 is 2.94 bits per heavy atom. The van der Waals surface area contributed by atoms with Gasteiger partial charge in [0.15, 0.2) is 0 Å². The molecule has 0 saturated carbocycles. The van der Waals surface area contributed by atoms with E-state index in [0.717, 1.165) is 23.1 Å². The average molecular weight is 249 g/mol. The number of aliphatic hydroxyl groups excluding tert-OH is 1. The van der Waals surface area contributed by atoms with Crippen molar-refractivity contribution in [2.45, 2.75) is 6.10 Å². The molecule has 1 heterocycles. The van der Waals surface area contributed by atoms with Crippen molar-refractivity contribution in [3.63, 3.8) is 0 Å². The molecular formula is C14H19NO3. The van der Waals surface area contributed by atoms with Crippen molar-refractivity contribution in [3.05, 3.63) is 36.1 Å². The van der Waals surface area contributed by atoms with Crippen molar-refractivity contribution < 1.29 is 14.3 Å². The van der Waals surface area contributed by atoms with Crippen LogP contribution < -0.4 is 0 Å². The Labute approximate surface area is 107 Å². The van der Waals surface area contributed by atoms with Gasteiger partial charge < -0.3 is 19.2 Å². The normalized spacial score (nSPS) is 13.3. The number of hydrogen-bond acceptors (Lipinski definition) is 4. The number of benzene rings is 1. The number of furan rings is 1. The van der Waals surface area contributed by atoms with Crippen LogP contribution >= 0.6 is 0 Å². The molecule has 0 aliphatic rings. The van der Waals surface area contributed by atoms with Gasteiger partial charge in [0.2, 0.25) is 0 Å². The molecule has 0 fully saturated rings. The second kappa shape index (κ2) is 6.00. The van der Waals surface area contributed by atoms with Crippen molar-refractivity contribution in [1.29, 1.82) is 0 Å². The molecule has 0 saturated heterocycles. The monoisotopic (exact) mass is 249 g/mol. The first-order valence-corrected chi connectivity index (χ1v) is 6.04. The lowest BCUT2D eigenvalue weighted by Crippen LogP contribution is -2.19. The lowest BCUT2D eigenvalue weighted by atomic mass is 10.1. The van der Waals surface area contributed by atoms with Gasteiger partial charge in [-0.05, 0) is 37.9 Å². The average Bonchev–Trinajstić information content (AvgIpc) is 2.81. The molecule has 2 aromatic rings. The molecule has 1 unspecified atom stereocenters. The summed E-state index contributed by atoms with van der Waals surface area (Å²) in [7, 11) is 3.99. The number of hydrogen-bond donors (Lipinski definition) is 1. The highest BCUT2D eigenvalue weighted by Gasteiger charge is 2.09. The zero-order chi connectivity index (χ0) is 13.0.